The molecule has 2 aromatic rings. The predicted molar refractivity (Wildman–Crippen MR) is 72.2 cm³/mol. The van der Waals surface area contributed by atoms with Crippen LogP contribution in [-0.2, 0) is 0 Å². The first-order valence-corrected chi connectivity index (χ1v) is 5.72. The van der Waals surface area contributed by atoms with Gasteiger partial charge in [-0.3, -0.25) is 19.9 Å². The second-order valence-corrected chi connectivity index (χ2v) is 3.98. The molecule has 0 saturated heterocycles. The maximum atomic E-state index is 11.9. The number of nitrogens with one attached hydrogen (secondary N) is 1. The lowest BCUT2D eigenvalue weighted by Gasteiger charge is -2.06. The Bertz CT molecular complexity index is 715. The fourth-order valence-corrected chi connectivity index (χ4v) is 1.62. The van der Waals surface area contributed by atoms with Crippen LogP contribution in [-0.4, -0.2) is 26.9 Å². The molecule has 1 aromatic carbocycles. The number of aromatic carboxylic acids is 1. The molecule has 0 aliphatic carbocycles. The van der Waals surface area contributed by atoms with Crippen molar-refractivity contribution in [1.82, 2.24) is 4.98 Å². The molecule has 0 saturated carbocycles. The van der Waals surface area contributed by atoms with Crippen LogP contribution in [0.2, 0.25) is 0 Å². The second-order valence-electron chi connectivity index (χ2n) is 3.98. The molecule has 0 aliphatic heterocycles. The number of nitrogens with zero attached hydrogens (tertiary/aromatic N) is 2. The molecule has 8 nitrogen and oxygen atoms in total. The predicted octanol–water partition coefficient (Wildman–Crippen LogP) is 1.94. The normalized spacial score (nSPS) is 9.90. The minimum atomic E-state index is -1.29. The Hall–Kier alpha value is -3.29. The van der Waals surface area contributed by atoms with E-state index in [9.17, 15) is 19.7 Å². The number of amides is 1. The fourth-order valence-electron chi connectivity index (χ4n) is 1.62. The van der Waals surface area contributed by atoms with Crippen molar-refractivity contribution in [1.29, 1.82) is 0 Å². The summed E-state index contributed by atoms with van der Waals surface area (Å²) >= 11 is 0. The van der Waals surface area contributed by atoms with E-state index < -0.39 is 22.5 Å². The molecule has 8 heteroatoms. The van der Waals surface area contributed by atoms with E-state index in [1.54, 1.807) is 0 Å². The largest absolute Gasteiger partial charge is 0.478 e. The number of aromatic nitrogens is 1. The van der Waals surface area contributed by atoms with Crippen LogP contribution in [0.25, 0.3) is 0 Å². The quantitative estimate of drug-likeness (QED) is 0.654. The van der Waals surface area contributed by atoms with Crippen molar-refractivity contribution in [3.05, 3.63) is 64.0 Å². The Morgan fingerprint density at radius 3 is 2.38 bits per heavy atom. The van der Waals surface area contributed by atoms with E-state index >= 15 is 0 Å². The summed E-state index contributed by atoms with van der Waals surface area (Å²) in [4.78, 5) is 36.7. The number of carboxylic acids is 1. The first-order chi connectivity index (χ1) is 9.99. The van der Waals surface area contributed by atoms with Gasteiger partial charge in [0.05, 0.1) is 10.5 Å². The van der Waals surface area contributed by atoms with Gasteiger partial charge >= 0.3 is 5.97 Å². The maximum Gasteiger partial charge on any atom is 0.335 e. The lowest BCUT2D eigenvalue weighted by molar-refractivity contribution is -0.383. The molecule has 21 heavy (non-hydrogen) atoms. The summed E-state index contributed by atoms with van der Waals surface area (Å²) in [6.07, 6.45) is 2.83. The number of carbonyl (C=O) groups excluding carboxylic acids is 1. The molecule has 1 amide bonds. The highest BCUT2D eigenvalue weighted by molar-refractivity contribution is 6.05. The highest BCUT2D eigenvalue weighted by Gasteiger charge is 2.19. The Labute approximate surface area is 118 Å². The number of carbonyl (C=O) groups is 2. The third-order valence-electron chi connectivity index (χ3n) is 2.63. The van der Waals surface area contributed by atoms with Crippen LogP contribution in [0.5, 0.6) is 0 Å². The monoisotopic (exact) mass is 287 g/mol. The van der Waals surface area contributed by atoms with Gasteiger partial charge in [-0.05, 0) is 24.3 Å². The number of nitro groups is 1. The van der Waals surface area contributed by atoms with Crippen molar-refractivity contribution in [3.63, 3.8) is 0 Å². The van der Waals surface area contributed by atoms with E-state index in [0.717, 1.165) is 6.07 Å². The lowest BCUT2D eigenvalue weighted by atomic mass is 10.1. The number of hydrogen-bond donors (Lipinski definition) is 2. The van der Waals surface area contributed by atoms with Crippen LogP contribution in [0.4, 0.5) is 11.4 Å². The van der Waals surface area contributed by atoms with Crippen LogP contribution in [0, 0.1) is 10.1 Å². The summed E-state index contributed by atoms with van der Waals surface area (Å²) in [5.41, 5.74) is -0.519. The summed E-state index contributed by atoms with van der Waals surface area (Å²) in [7, 11) is 0. The molecule has 0 bridgehead atoms. The summed E-state index contributed by atoms with van der Waals surface area (Å²) in [6.45, 7) is 0. The minimum Gasteiger partial charge on any atom is -0.478 e. The standard InChI is InChI=1S/C13H9N3O5/c17-12(8-3-5-14-6-4-8)15-10-2-1-9(13(18)19)7-11(10)16(20)21/h1-7H,(H,15,17)(H,18,19). The molecular formula is C13H9N3O5. The maximum absolute atomic E-state index is 11.9. The highest BCUT2D eigenvalue weighted by Crippen LogP contribution is 2.26. The molecule has 1 aromatic heterocycles. The van der Waals surface area contributed by atoms with Crippen LogP contribution in [0.3, 0.4) is 0 Å². The van der Waals surface area contributed by atoms with E-state index in [1.807, 2.05) is 0 Å². The van der Waals surface area contributed by atoms with Crippen LogP contribution < -0.4 is 5.32 Å². The SMILES string of the molecule is O=C(O)c1ccc(NC(=O)c2ccncc2)c([N+](=O)[O-])c1. The van der Waals surface area contributed by atoms with Crippen molar-refractivity contribution in [3.8, 4) is 0 Å². The Morgan fingerprint density at radius 2 is 1.81 bits per heavy atom. The number of nitro benzene ring substituents is 1. The molecule has 0 aliphatic rings. The molecular weight excluding hydrogens is 278 g/mol. The first-order valence-electron chi connectivity index (χ1n) is 5.72. The molecule has 2 rings (SSSR count). The number of pyridine rings is 1. The van der Waals surface area contributed by atoms with Crippen molar-refractivity contribution >= 4 is 23.3 Å². The average Bonchev–Trinajstić information content (AvgIpc) is 2.48. The van der Waals surface area contributed by atoms with E-state index in [4.69, 9.17) is 5.11 Å². The molecule has 106 valence electrons. The number of carboxylic acid groups (broad SMARTS) is 1. The Kier molecular flexibility index (Phi) is 3.89. The minimum absolute atomic E-state index is 0.0770. The highest BCUT2D eigenvalue weighted by atomic mass is 16.6. The van der Waals surface area contributed by atoms with E-state index in [2.05, 4.69) is 10.3 Å². The zero-order valence-electron chi connectivity index (χ0n) is 10.5. The smallest absolute Gasteiger partial charge is 0.335 e. The Balaban J connectivity index is 2.34. The van der Waals surface area contributed by atoms with Crippen molar-refractivity contribution in [2.24, 2.45) is 0 Å². The van der Waals surface area contributed by atoms with E-state index in [0.29, 0.717) is 0 Å². The molecule has 0 unspecified atom stereocenters. The summed E-state index contributed by atoms with van der Waals surface area (Å²) in [6, 6.07) is 6.15. The molecule has 0 spiro atoms. The van der Waals surface area contributed by atoms with Crippen molar-refractivity contribution in [2.45, 2.75) is 0 Å². The van der Waals surface area contributed by atoms with Crippen LogP contribution in [0.15, 0.2) is 42.7 Å². The molecule has 2 N–H and O–H groups in total. The van der Waals surface area contributed by atoms with Gasteiger partial charge in [0.1, 0.15) is 5.69 Å². The van der Waals surface area contributed by atoms with Crippen molar-refractivity contribution in [2.75, 3.05) is 5.32 Å². The average molecular weight is 287 g/mol. The van der Waals surface area contributed by atoms with E-state index in [-0.39, 0.29) is 16.8 Å². The van der Waals surface area contributed by atoms with Gasteiger partial charge in [0, 0.05) is 24.0 Å². The summed E-state index contributed by atoms with van der Waals surface area (Å²) in [5, 5.41) is 22.2. The topological polar surface area (TPSA) is 122 Å². The zero-order valence-corrected chi connectivity index (χ0v) is 10.5. The fraction of sp³-hybridized carbons (Fsp3) is 0. The second kappa shape index (κ2) is 5.78. The third kappa shape index (κ3) is 3.18. The van der Waals surface area contributed by atoms with Gasteiger partial charge in [0.25, 0.3) is 11.6 Å². The number of anilines is 1. The van der Waals surface area contributed by atoms with Gasteiger partial charge in [0.2, 0.25) is 0 Å². The number of benzene rings is 1. The zero-order chi connectivity index (χ0) is 15.4. The first kappa shape index (κ1) is 14.1. The molecule has 0 atom stereocenters. The van der Waals surface area contributed by atoms with Gasteiger partial charge in [-0.15, -0.1) is 0 Å². The van der Waals surface area contributed by atoms with Gasteiger partial charge in [-0.2, -0.15) is 0 Å². The third-order valence-corrected chi connectivity index (χ3v) is 2.63. The molecule has 0 radical (unpaired) electrons. The number of hydrogen-bond acceptors (Lipinski definition) is 5. The molecule has 1 heterocycles. The van der Waals surface area contributed by atoms with Gasteiger partial charge < -0.3 is 10.4 Å². The molecule has 0 fully saturated rings. The lowest BCUT2D eigenvalue weighted by Crippen LogP contribution is -2.13. The summed E-state index contributed by atoms with van der Waals surface area (Å²) < 4.78 is 0. The van der Waals surface area contributed by atoms with E-state index in [1.165, 1.54) is 36.7 Å². The van der Waals surface area contributed by atoms with Crippen molar-refractivity contribution < 1.29 is 19.6 Å². The Morgan fingerprint density at radius 1 is 1.14 bits per heavy atom. The van der Waals surface area contributed by atoms with Crippen LogP contribution in [0.1, 0.15) is 20.7 Å². The van der Waals surface area contributed by atoms with Gasteiger partial charge in [-0.25, -0.2) is 4.79 Å². The van der Waals surface area contributed by atoms with Gasteiger partial charge in [-0.1, -0.05) is 0 Å². The van der Waals surface area contributed by atoms with Gasteiger partial charge in [0.15, 0.2) is 0 Å². The summed E-state index contributed by atoms with van der Waals surface area (Å²) in [5.74, 6) is -1.84. The van der Waals surface area contributed by atoms with Crippen LogP contribution >= 0.6 is 0 Å². The number of rotatable bonds is 4.